The van der Waals surface area contributed by atoms with Crippen LogP contribution in [0.2, 0.25) is 0 Å². The van der Waals surface area contributed by atoms with Crippen molar-refractivity contribution in [2.75, 3.05) is 52.5 Å². The highest BCUT2D eigenvalue weighted by Crippen LogP contribution is 2.17. The molecule has 1 aromatic rings. The van der Waals surface area contributed by atoms with Gasteiger partial charge in [-0.15, -0.1) is 0 Å². The van der Waals surface area contributed by atoms with Gasteiger partial charge in [-0.1, -0.05) is 0 Å². The van der Waals surface area contributed by atoms with Crippen LogP contribution in [0.15, 0.2) is 24.3 Å². The smallest absolute Gasteiger partial charge is 0.387 e. The van der Waals surface area contributed by atoms with Gasteiger partial charge in [0.15, 0.2) is 0 Å². The van der Waals surface area contributed by atoms with Gasteiger partial charge in [0, 0.05) is 31.7 Å². The quantitative estimate of drug-likeness (QED) is 0.792. The molecular weight excluding hydrogens is 346 g/mol. The summed E-state index contributed by atoms with van der Waals surface area (Å²) in [6.07, 6.45) is 0.972. The highest BCUT2D eigenvalue weighted by atomic mass is 19.3. The first-order valence-corrected chi connectivity index (χ1v) is 8.87. The molecule has 144 valence electrons. The van der Waals surface area contributed by atoms with E-state index in [0.717, 1.165) is 26.1 Å². The summed E-state index contributed by atoms with van der Waals surface area (Å²) in [6, 6.07) is 5.83. The Morgan fingerprint density at radius 1 is 1.15 bits per heavy atom. The fourth-order valence-electron chi connectivity index (χ4n) is 3.25. The van der Waals surface area contributed by atoms with Crippen molar-refractivity contribution in [3.63, 3.8) is 0 Å². The Labute approximate surface area is 151 Å². The molecular formula is C18H24F2N2O4. The van der Waals surface area contributed by atoms with Crippen molar-refractivity contribution in [1.29, 1.82) is 0 Å². The second-order valence-corrected chi connectivity index (χ2v) is 6.42. The summed E-state index contributed by atoms with van der Waals surface area (Å²) in [5.74, 6) is -0.0408. The van der Waals surface area contributed by atoms with E-state index in [1.165, 1.54) is 24.3 Å². The lowest BCUT2D eigenvalue weighted by Gasteiger charge is -2.29. The molecule has 2 fully saturated rings. The lowest BCUT2D eigenvalue weighted by molar-refractivity contribution is -0.0971. The third-order valence-corrected chi connectivity index (χ3v) is 4.55. The first-order chi connectivity index (χ1) is 12.6. The minimum Gasteiger partial charge on any atom is -0.435 e. The number of rotatable bonds is 5. The molecule has 3 rings (SSSR count). The van der Waals surface area contributed by atoms with Crippen LogP contribution in [0.25, 0.3) is 0 Å². The molecule has 1 amide bonds. The average molecular weight is 370 g/mol. The molecule has 0 aromatic heterocycles. The Balaban J connectivity index is 1.52. The number of halogens is 2. The predicted octanol–water partition coefficient (Wildman–Crippen LogP) is 1.85. The summed E-state index contributed by atoms with van der Waals surface area (Å²) in [5.41, 5.74) is 0.476. The summed E-state index contributed by atoms with van der Waals surface area (Å²) >= 11 is 0. The van der Waals surface area contributed by atoms with Crippen LogP contribution < -0.4 is 4.74 Å². The van der Waals surface area contributed by atoms with E-state index in [-0.39, 0.29) is 17.8 Å². The number of amides is 1. The summed E-state index contributed by atoms with van der Waals surface area (Å²) in [7, 11) is 0. The zero-order valence-electron chi connectivity index (χ0n) is 14.6. The Morgan fingerprint density at radius 2 is 1.96 bits per heavy atom. The van der Waals surface area contributed by atoms with Crippen LogP contribution in [0, 0.1) is 0 Å². The third-order valence-electron chi connectivity index (χ3n) is 4.55. The molecule has 0 N–H and O–H groups in total. The van der Waals surface area contributed by atoms with E-state index in [4.69, 9.17) is 9.47 Å². The molecule has 0 aliphatic carbocycles. The molecule has 2 aliphatic heterocycles. The Hall–Kier alpha value is -1.77. The van der Waals surface area contributed by atoms with Gasteiger partial charge in [-0.05, 0) is 37.2 Å². The second kappa shape index (κ2) is 9.25. The molecule has 1 unspecified atom stereocenters. The second-order valence-electron chi connectivity index (χ2n) is 6.42. The number of hydrogen-bond donors (Lipinski definition) is 0. The van der Waals surface area contributed by atoms with Crippen LogP contribution in [-0.2, 0) is 9.47 Å². The van der Waals surface area contributed by atoms with Crippen molar-refractivity contribution in [3.8, 4) is 5.75 Å². The largest absolute Gasteiger partial charge is 0.435 e. The molecule has 6 nitrogen and oxygen atoms in total. The lowest BCUT2D eigenvalue weighted by atomic mass is 10.2. The number of nitrogens with zero attached hydrogens (tertiary/aromatic N) is 2. The number of hydrogen-bond acceptors (Lipinski definition) is 5. The van der Waals surface area contributed by atoms with Crippen LogP contribution in [0.1, 0.15) is 16.8 Å². The molecule has 1 aromatic carbocycles. The van der Waals surface area contributed by atoms with Crippen molar-refractivity contribution in [2.45, 2.75) is 19.1 Å². The molecule has 2 aliphatic rings. The summed E-state index contributed by atoms with van der Waals surface area (Å²) in [5, 5.41) is 0. The van der Waals surface area contributed by atoms with Crippen molar-refractivity contribution in [3.05, 3.63) is 29.8 Å². The van der Waals surface area contributed by atoms with Gasteiger partial charge in [0.25, 0.3) is 5.91 Å². The van der Waals surface area contributed by atoms with E-state index in [1.54, 1.807) is 4.90 Å². The van der Waals surface area contributed by atoms with E-state index in [9.17, 15) is 13.6 Å². The van der Waals surface area contributed by atoms with Crippen molar-refractivity contribution < 1.29 is 27.8 Å². The van der Waals surface area contributed by atoms with Gasteiger partial charge in [-0.3, -0.25) is 9.69 Å². The molecule has 2 saturated heterocycles. The van der Waals surface area contributed by atoms with E-state index < -0.39 is 6.61 Å². The number of benzene rings is 1. The van der Waals surface area contributed by atoms with Gasteiger partial charge < -0.3 is 19.1 Å². The summed E-state index contributed by atoms with van der Waals surface area (Å²) in [4.78, 5) is 16.8. The first-order valence-electron chi connectivity index (χ1n) is 8.87. The Bertz CT molecular complexity index is 579. The first kappa shape index (κ1) is 19.0. The molecule has 0 spiro atoms. The van der Waals surface area contributed by atoms with E-state index in [0.29, 0.717) is 38.5 Å². The number of carbonyl (C=O) groups is 1. The van der Waals surface area contributed by atoms with Gasteiger partial charge in [0.05, 0.1) is 25.9 Å². The van der Waals surface area contributed by atoms with Crippen LogP contribution in [0.5, 0.6) is 5.75 Å². The number of ether oxygens (including phenoxy) is 3. The van der Waals surface area contributed by atoms with E-state index in [1.807, 2.05) is 0 Å². The maximum Gasteiger partial charge on any atom is 0.387 e. The van der Waals surface area contributed by atoms with Gasteiger partial charge >= 0.3 is 6.61 Å². The van der Waals surface area contributed by atoms with Crippen molar-refractivity contribution in [1.82, 2.24) is 9.80 Å². The lowest BCUT2D eigenvalue weighted by Crippen LogP contribution is -2.42. The molecule has 8 heteroatoms. The van der Waals surface area contributed by atoms with Gasteiger partial charge in [0.2, 0.25) is 0 Å². The molecule has 0 saturated carbocycles. The predicted molar refractivity (Wildman–Crippen MR) is 90.6 cm³/mol. The maximum absolute atomic E-state index is 12.7. The monoisotopic (exact) mass is 370 g/mol. The van der Waals surface area contributed by atoms with Crippen molar-refractivity contribution in [2.24, 2.45) is 0 Å². The minimum atomic E-state index is -2.87. The fourth-order valence-corrected chi connectivity index (χ4v) is 3.25. The van der Waals surface area contributed by atoms with Gasteiger partial charge in [-0.2, -0.15) is 8.78 Å². The molecule has 0 radical (unpaired) electrons. The molecule has 2 heterocycles. The fraction of sp³-hybridized carbons (Fsp3) is 0.611. The normalized spacial score (nSPS) is 22.3. The number of carbonyl (C=O) groups excluding carboxylic acids is 1. The Kier molecular flexibility index (Phi) is 6.76. The van der Waals surface area contributed by atoms with Gasteiger partial charge in [-0.25, -0.2) is 0 Å². The molecule has 0 bridgehead atoms. The van der Waals surface area contributed by atoms with Crippen LogP contribution in [0.3, 0.4) is 0 Å². The van der Waals surface area contributed by atoms with E-state index >= 15 is 0 Å². The summed E-state index contributed by atoms with van der Waals surface area (Å²) < 4.78 is 39.8. The molecule has 1 atom stereocenters. The zero-order valence-corrected chi connectivity index (χ0v) is 14.6. The standard InChI is InChI=1S/C18H24F2N2O4/c19-18(20)26-15-4-2-14(3-5-15)17(23)22-7-1-6-21(8-9-22)12-16-13-24-10-11-25-16/h2-5,16,18H,1,6-13H2. The maximum atomic E-state index is 12.7. The number of alkyl halides is 2. The highest BCUT2D eigenvalue weighted by molar-refractivity contribution is 5.94. The third kappa shape index (κ3) is 5.36. The SMILES string of the molecule is O=C(c1ccc(OC(F)F)cc1)N1CCCN(CC2COCCO2)CC1. The zero-order chi connectivity index (χ0) is 18.4. The van der Waals surface area contributed by atoms with Crippen LogP contribution in [-0.4, -0.2) is 81.0 Å². The highest BCUT2D eigenvalue weighted by Gasteiger charge is 2.23. The summed E-state index contributed by atoms with van der Waals surface area (Å²) in [6.45, 7) is 2.83. The van der Waals surface area contributed by atoms with Gasteiger partial charge in [0.1, 0.15) is 5.75 Å². The van der Waals surface area contributed by atoms with E-state index in [2.05, 4.69) is 9.64 Å². The van der Waals surface area contributed by atoms with Crippen molar-refractivity contribution >= 4 is 5.91 Å². The average Bonchev–Trinajstić information content (AvgIpc) is 2.88. The van der Waals surface area contributed by atoms with Crippen LogP contribution in [0.4, 0.5) is 8.78 Å². The minimum absolute atomic E-state index is 0.0493. The Morgan fingerprint density at radius 3 is 2.65 bits per heavy atom. The topological polar surface area (TPSA) is 51.2 Å². The van der Waals surface area contributed by atoms with Crippen LogP contribution >= 0.6 is 0 Å². The molecule has 26 heavy (non-hydrogen) atoms.